The molecule has 8 nitrogen and oxygen atoms in total. The van der Waals surface area contributed by atoms with E-state index in [1.807, 2.05) is 13.1 Å². The van der Waals surface area contributed by atoms with Crippen molar-refractivity contribution in [3.63, 3.8) is 0 Å². The van der Waals surface area contributed by atoms with Crippen molar-refractivity contribution in [1.82, 2.24) is 24.6 Å². The minimum Gasteiger partial charge on any atom is -0.495 e. The second kappa shape index (κ2) is 7.52. The summed E-state index contributed by atoms with van der Waals surface area (Å²) >= 11 is 0. The van der Waals surface area contributed by atoms with Crippen LogP contribution in [0.4, 0.5) is 11.6 Å². The second-order valence-electron chi connectivity index (χ2n) is 8.62. The Morgan fingerprint density at radius 1 is 1.27 bits per heavy atom. The normalized spacial score (nSPS) is 21.3. The molecule has 1 aromatic carbocycles. The van der Waals surface area contributed by atoms with Crippen LogP contribution in [0.15, 0.2) is 18.3 Å². The van der Waals surface area contributed by atoms with Crippen LogP contribution in [0.3, 0.4) is 0 Å². The van der Waals surface area contributed by atoms with Gasteiger partial charge in [-0.15, -0.1) is 0 Å². The predicted molar refractivity (Wildman–Crippen MR) is 117 cm³/mol. The minimum atomic E-state index is 0.367. The average molecular weight is 408 g/mol. The SMILES string of the molecule is COc1cc2c(cc1Nc1ncc3c(C)nn(C4CC(CN)C4)c3n1)CN(C)CC2. The van der Waals surface area contributed by atoms with Gasteiger partial charge in [-0.3, -0.25) is 0 Å². The zero-order chi connectivity index (χ0) is 20.8. The lowest BCUT2D eigenvalue weighted by Crippen LogP contribution is -2.32. The number of hydrogen-bond donors (Lipinski definition) is 2. The van der Waals surface area contributed by atoms with E-state index >= 15 is 0 Å². The molecule has 3 heterocycles. The first kappa shape index (κ1) is 19.3. The summed E-state index contributed by atoms with van der Waals surface area (Å²) in [6.45, 7) is 4.75. The summed E-state index contributed by atoms with van der Waals surface area (Å²) in [5.74, 6) is 1.96. The highest BCUT2D eigenvalue weighted by Gasteiger charge is 2.32. The summed E-state index contributed by atoms with van der Waals surface area (Å²) in [5, 5.41) is 9.12. The number of nitrogens with zero attached hydrogens (tertiary/aromatic N) is 5. The summed E-state index contributed by atoms with van der Waals surface area (Å²) in [6, 6.07) is 4.67. The quantitative estimate of drug-likeness (QED) is 0.672. The number of ether oxygens (including phenoxy) is 1. The zero-order valence-electron chi connectivity index (χ0n) is 17.9. The molecule has 5 rings (SSSR count). The van der Waals surface area contributed by atoms with Gasteiger partial charge in [-0.25, -0.2) is 9.67 Å². The molecule has 1 saturated carbocycles. The molecular formula is C22H29N7O. The van der Waals surface area contributed by atoms with Crippen LogP contribution in [0.2, 0.25) is 0 Å². The fourth-order valence-electron chi connectivity index (χ4n) is 4.59. The van der Waals surface area contributed by atoms with Gasteiger partial charge in [-0.1, -0.05) is 0 Å². The number of likely N-dealkylation sites (N-methyl/N-ethyl adjacent to an activating group) is 1. The molecule has 30 heavy (non-hydrogen) atoms. The molecule has 2 aromatic heterocycles. The van der Waals surface area contributed by atoms with E-state index in [0.717, 1.165) is 67.1 Å². The molecule has 0 unspecified atom stereocenters. The Kier molecular flexibility index (Phi) is 4.83. The number of nitrogens with one attached hydrogen (secondary N) is 1. The highest BCUT2D eigenvalue weighted by molar-refractivity contribution is 5.79. The Bertz CT molecular complexity index is 1090. The maximum absolute atomic E-state index is 5.81. The van der Waals surface area contributed by atoms with Gasteiger partial charge in [0, 0.05) is 19.3 Å². The smallest absolute Gasteiger partial charge is 0.229 e. The van der Waals surface area contributed by atoms with Gasteiger partial charge in [-0.2, -0.15) is 10.1 Å². The van der Waals surface area contributed by atoms with Gasteiger partial charge < -0.3 is 20.7 Å². The van der Waals surface area contributed by atoms with Gasteiger partial charge in [0.25, 0.3) is 0 Å². The first-order valence-electron chi connectivity index (χ1n) is 10.6. The van der Waals surface area contributed by atoms with Crippen molar-refractivity contribution >= 4 is 22.7 Å². The van der Waals surface area contributed by atoms with Crippen LogP contribution >= 0.6 is 0 Å². The van der Waals surface area contributed by atoms with E-state index in [9.17, 15) is 0 Å². The molecule has 1 aliphatic heterocycles. The topological polar surface area (TPSA) is 94.1 Å². The molecule has 8 heteroatoms. The Hall–Kier alpha value is -2.71. The molecule has 2 aliphatic rings. The summed E-state index contributed by atoms with van der Waals surface area (Å²) < 4.78 is 7.71. The summed E-state index contributed by atoms with van der Waals surface area (Å²) in [4.78, 5) is 11.7. The number of anilines is 2. The molecular weight excluding hydrogens is 378 g/mol. The number of fused-ring (bicyclic) bond motifs is 2. The number of aryl methyl sites for hydroxylation is 1. The molecule has 0 amide bonds. The number of hydrogen-bond acceptors (Lipinski definition) is 7. The summed E-state index contributed by atoms with van der Waals surface area (Å²) in [6.07, 6.45) is 5.02. The van der Waals surface area contributed by atoms with E-state index in [1.165, 1.54) is 11.1 Å². The largest absolute Gasteiger partial charge is 0.495 e. The highest BCUT2D eigenvalue weighted by Crippen LogP contribution is 2.39. The van der Waals surface area contributed by atoms with Crippen molar-refractivity contribution in [2.24, 2.45) is 11.7 Å². The first-order valence-corrected chi connectivity index (χ1v) is 10.6. The van der Waals surface area contributed by atoms with Crippen LogP contribution in [-0.2, 0) is 13.0 Å². The lowest BCUT2D eigenvalue weighted by molar-refractivity contribution is 0.194. The number of benzene rings is 1. The van der Waals surface area contributed by atoms with Crippen LogP contribution in [0, 0.1) is 12.8 Å². The monoisotopic (exact) mass is 407 g/mol. The third-order valence-corrected chi connectivity index (χ3v) is 6.49. The summed E-state index contributed by atoms with van der Waals surface area (Å²) in [7, 11) is 3.85. The van der Waals surface area contributed by atoms with Crippen LogP contribution < -0.4 is 15.8 Å². The second-order valence-corrected chi connectivity index (χ2v) is 8.62. The molecule has 3 N–H and O–H groups in total. The molecule has 0 atom stereocenters. The Morgan fingerprint density at radius 2 is 2.10 bits per heavy atom. The lowest BCUT2D eigenvalue weighted by Gasteiger charge is -2.34. The van der Waals surface area contributed by atoms with E-state index in [1.54, 1.807) is 7.11 Å². The molecule has 0 bridgehead atoms. The molecule has 1 fully saturated rings. The van der Waals surface area contributed by atoms with Crippen molar-refractivity contribution in [3.8, 4) is 5.75 Å². The van der Waals surface area contributed by atoms with Crippen molar-refractivity contribution in [1.29, 1.82) is 0 Å². The standard InChI is InChI=1S/C22H29N7O/c1-13-18-11-24-22(26-21(18)29(27-13)17-6-14(7-17)10-23)25-19-8-16-12-28(2)5-4-15(16)9-20(19)30-3/h8-9,11,14,17H,4-7,10,12,23H2,1-3H3,(H,24,25,26). The average Bonchev–Trinajstić information content (AvgIpc) is 3.02. The van der Waals surface area contributed by atoms with Gasteiger partial charge in [0.1, 0.15) is 5.75 Å². The number of rotatable bonds is 5. The van der Waals surface area contributed by atoms with Crippen molar-refractivity contribution in [2.75, 3.05) is 32.6 Å². The molecule has 0 spiro atoms. The lowest BCUT2D eigenvalue weighted by atomic mass is 9.80. The first-order chi connectivity index (χ1) is 14.6. The Morgan fingerprint density at radius 3 is 2.87 bits per heavy atom. The Labute approximate surface area is 176 Å². The maximum Gasteiger partial charge on any atom is 0.229 e. The van der Waals surface area contributed by atoms with Crippen molar-refractivity contribution < 1.29 is 4.74 Å². The van der Waals surface area contributed by atoms with Crippen molar-refractivity contribution in [3.05, 3.63) is 35.2 Å². The van der Waals surface area contributed by atoms with E-state index in [2.05, 4.69) is 39.1 Å². The fraction of sp³-hybridized carbons (Fsp3) is 0.500. The van der Waals surface area contributed by atoms with Crippen LogP contribution in [0.5, 0.6) is 5.75 Å². The van der Waals surface area contributed by atoms with E-state index in [4.69, 9.17) is 20.6 Å². The number of methoxy groups -OCH3 is 1. The van der Waals surface area contributed by atoms with Crippen LogP contribution in [0.25, 0.3) is 11.0 Å². The van der Waals surface area contributed by atoms with E-state index in [0.29, 0.717) is 17.9 Å². The molecule has 0 saturated heterocycles. The van der Waals surface area contributed by atoms with E-state index in [-0.39, 0.29) is 0 Å². The molecule has 3 aromatic rings. The van der Waals surface area contributed by atoms with Gasteiger partial charge in [0.05, 0.1) is 29.9 Å². The minimum absolute atomic E-state index is 0.367. The molecule has 0 radical (unpaired) electrons. The Balaban J connectivity index is 1.48. The highest BCUT2D eigenvalue weighted by atomic mass is 16.5. The van der Waals surface area contributed by atoms with Gasteiger partial charge in [0.15, 0.2) is 5.65 Å². The van der Waals surface area contributed by atoms with Gasteiger partial charge in [0.2, 0.25) is 5.95 Å². The van der Waals surface area contributed by atoms with Gasteiger partial charge in [-0.05, 0) is 69.0 Å². The molecule has 1 aliphatic carbocycles. The maximum atomic E-state index is 5.81. The third kappa shape index (κ3) is 3.30. The summed E-state index contributed by atoms with van der Waals surface area (Å²) in [5.41, 5.74) is 11.2. The zero-order valence-corrected chi connectivity index (χ0v) is 17.9. The number of aromatic nitrogens is 4. The van der Waals surface area contributed by atoms with Crippen molar-refractivity contribution in [2.45, 2.75) is 38.8 Å². The number of nitrogens with two attached hydrogens (primary N) is 1. The van der Waals surface area contributed by atoms with Gasteiger partial charge >= 0.3 is 0 Å². The predicted octanol–water partition coefficient (Wildman–Crippen LogP) is 2.78. The van der Waals surface area contributed by atoms with Crippen LogP contribution in [0.1, 0.15) is 35.7 Å². The third-order valence-electron chi connectivity index (χ3n) is 6.49. The van der Waals surface area contributed by atoms with Crippen LogP contribution in [-0.4, -0.2) is 51.9 Å². The molecule has 158 valence electrons. The van der Waals surface area contributed by atoms with E-state index < -0.39 is 0 Å². The fourth-order valence-corrected chi connectivity index (χ4v) is 4.59.